The molecule has 0 fully saturated rings. The molecule has 1 heterocycles. The fraction of sp³-hybridized carbons (Fsp3) is 0.381. The fourth-order valence-corrected chi connectivity index (χ4v) is 4.12. The van der Waals surface area contributed by atoms with E-state index in [0.29, 0.717) is 11.5 Å². The molecule has 1 unspecified atom stereocenters. The minimum Gasteiger partial charge on any atom is -0.369 e. The molecule has 2 nitrogen and oxygen atoms in total. The quantitative estimate of drug-likeness (QED) is 0.493. The van der Waals surface area contributed by atoms with E-state index in [-0.39, 0.29) is 11.4 Å². The maximum atomic E-state index is 14.7. The number of benzene rings is 2. The molecule has 0 aliphatic carbocycles. The molecule has 0 radical (unpaired) electrons. The molecule has 0 aromatic heterocycles. The number of fused-ring (bicyclic) bond motifs is 1. The second kappa shape index (κ2) is 6.83. The van der Waals surface area contributed by atoms with Crippen LogP contribution in [0, 0.1) is 5.82 Å². The van der Waals surface area contributed by atoms with Gasteiger partial charge in [-0.25, -0.2) is 4.39 Å². The number of nitrogens with zero attached hydrogens (tertiary/aromatic N) is 2. The van der Waals surface area contributed by atoms with Crippen molar-refractivity contribution in [2.24, 2.45) is 4.99 Å². The van der Waals surface area contributed by atoms with Gasteiger partial charge < -0.3 is 4.90 Å². The van der Waals surface area contributed by atoms with Crippen molar-refractivity contribution in [1.82, 2.24) is 0 Å². The summed E-state index contributed by atoms with van der Waals surface area (Å²) in [7, 11) is 2.05. The van der Waals surface area contributed by atoms with Gasteiger partial charge >= 0.3 is 0 Å². The summed E-state index contributed by atoms with van der Waals surface area (Å²) in [6.45, 7) is 6.63. The normalized spacial score (nSPS) is 19.3. The van der Waals surface area contributed by atoms with Crippen LogP contribution in [0.5, 0.6) is 0 Å². The van der Waals surface area contributed by atoms with Crippen LogP contribution in [-0.4, -0.2) is 25.1 Å². The first-order chi connectivity index (χ1) is 11.8. The molecule has 0 spiro atoms. The molecule has 0 amide bonds. The Balaban J connectivity index is 2.00. The zero-order valence-corrected chi connectivity index (χ0v) is 16.3. The largest absolute Gasteiger partial charge is 0.369 e. The highest BCUT2D eigenvalue weighted by Crippen LogP contribution is 2.43. The van der Waals surface area contributed by atoms with E-state index in [4.69, 9.17) is 0 Å². The van der Waals surface area contributed by atoms with Gasteiger partial charge in [-0.2, -0.15) is 0 Å². The Bertz CT molecular complexity index is 814. The molecule has 0 saturated heterocycles. The third kappa shape index (κ3) is 3.45. The van der Waals surface area contributed by atoms with E-state index in [2.05, 4.69) is 30.7 Å². The number of aliphatic imine (C=N–C) groups is 1. The van der Waals surface area contributed by atoms with Crippen LogP contribution in [0.4, 0.5) is 15.8 Å². The predicted octanol–water partition coefficient (Wildman–Crippen LogP) is 6.02. The predicted molar refractivity (Wildman–Crippen MR) is 107 cm³/mol. The van der Waals surface area contributed by atoms with Gasteiger partial charge in [-0.1, -0.05) is 19.1 Å². The standard InChI is InChI=1S/C21H25FN2S/c1-14-12-21(2,3)24(4)19-11-17(22)15(10-16(14)19)13-23-18-8-6-7-9-20(18)25-5/h6-11,13-14H,12H2,1-5H3. The SMILES string of the molecule is CSc1ccccc1N=Cc1cc2c(cc1F)N(C)C(C)(C)CC2C. The Hall–Kier alpha value is -1.81. The highest BCUT2D eigenvalue weighted by molar-refractivity contribution is 7.98. The molecular weight excluding hydrogens is 331 g/mol. The number of para-hydroxylation sites is 1. The van der Waals surface area contributed by atoms with E-state index < -0.39 is 0 Å². The molecule has 1 aliphatic heterocycles. The van der Waals surface area contributed by atoms with Gasteiger partial charge in [0, 0.05) is 34.9 Å². The first-order valence-electron chi connectivity index (χ1n) is 8.58. The number of hydrogen-bond acceptors (Lipinski definition) is 3. The lowest BCUT2D eigenvalue weighted by Gasteiger charge is -2.45. The Morgan fingerprint density at radius 1 is 1.28 bits per heavy atom. The second-order valence-corrected chi connectivity index (χ2v) is 8.19. The summed E-state index contributed by atoms with van der Waals surface area (Å²) < 4.78 is 14.7. The third-order valence-electron chi connectivity index (χ3n) is 5.18. The summed E-state index contributed by atoms with van der Waals surface area (Å²) in [5, 5.41) is 0. The average molecular weight is 357 g/mol. The Morgan fingerprint density at radius 2 is 2.00 bits per heavy atom. The molecule has 1 aliphatic rings. The van der Waals surface area contributed by atoms with E-state index in [0.717, 1.165) is 22.7 Å². The number of rotatable bonds is 3. The molecule has 4 heteroatoms. The van der Waals surface area contributed by atoms with Crippen molar-refractivity contribution < 1.29 is 4.39 Å². The van der Waals surface area contributed by atoms with Gasteiger partial charge in [-0.15, -0.1) is 11.8 Å². The van der Waals surface area contributed by atoms with Gasteiger partial charge in [0.15, 0.2) is 0 Å². The smallest absolute Gasteiger partial charge is 0.134 e. The minimum absolute atomic E-state index is 0.0335. The third-order valence-corrected chi connectivity index (χ3v) is 5.96. The molecule has 2 aromatic rings. The summed E-state index contributed by atoms with van der Waals surface area (Å²) in [5.41, 5.74) is 3.64. The van der Waals surface area contributed by atoms with Crippen molar-refractivity contribution in [1.29, 1.82) is 0 Å². The van der Waals surface area contributed by atoms with Gasteiger partial charge in [0.1, 0.15) is 5.82 Å². The molecule has 0 N–H and O–H groups in total. The highest BCUT2D eigenvalue weighted by Gasteiger charge is 2.34. The zero-order valence-electron chi connectivity index (χ0n) is 15.5. The molecule has 1 atom stereocenters. The van der Waals surface area contributed by atoms with E-state index in [1.54, 1.807) is 24.0 Å². The molecule has 132 valence electrons. The van der Waals surface area contributed by atoms with Crippen molar-refractivity contribution >= 4 is 29.4 Å². The van der Waals surface area contributed by atoms with E-state index in [1.165, 1.54) is 5.56 Å². The van der Waals surface area contributed by atoms with Crippen LogP contribution in [0.1, 0.15) is 44.2 Å². The molecule has 0 saturated carbocycles. The Morgan fingerprint density at radius 3 is 2.72 bits per heavy atom. The average Bonchev–Trinajstić information content (AvgIpc) is 2.58. The maximum absolute atomic E-state index is 14.7. The summed E-state index contributed by atoms with van der Waals surface area (Å²) in [6, 6.07) is 11.6. The van der Waals surface area contributed by atoms with Crippen molar-refractivity contribution in [3.8, 4) is 0 Å². The lowest BCUT2D eigenvalue weighted by atomic mass is 9.80. The van der Waals surface area contributed by atoms with Crippen molar-refractivity contribution in [2.45, 2.75) is 43.5 Å². The summed E-state index contributed by atoms with van der Waals surface area (Å²) in [5.74, 6) is 0.174. The highest BCUT2D eigenvalue weighted by atomic mass is 32.2. The lowest BCUT2D eigenvalue weighted by Crippen LogP contribution is -2.45. The first-order valence-corrected chi connectivity index (χ1v) is 9.80. The van der Waals surface area contributed by atoms with Crippen LogP contribution < -0.4 is 4.90 Å². The van der Waals surface area contributed by atoms with Gasteiger partial charge in [-0.3, -0.25) is 4.99 Å². The van der Waals surface area contributed by atoms with Crippen LogP contribution >= 0.6 is 11.8 Å². The monoisotopic (exact) mass is 356 g/mol. The van der Waals surface area contributed by atoms with Crippen molar-refractivity contribution in [2.75, 3.05) is 18.2 Å². The van der Waals surface area contributed by atoms with Crippen LogP contribution in [0.25, 0.3) is 0 Å². The maximum Gasteiger partial charge on any atom is 0.134 e. The second-order valence-electron chi connectivity index (χ2n) is 7.34. The Kier molecular flexibility index (Phi) is 4.92. The number of hydrogen-bond donors (Lipinski definition) is 0. The van der Waals surface area contributed by atoms with Crippen LogP contribution in [-0.2, 0) is 0 Å². The molecule has 2 aromatic carbocycles. The summed E-state index contributed by atoms with van der Waals surface area (Å²) in [6.07, 6.45) is 4.72. The van der Waals surface area contributed by atoms with E-state index in [9.17, 15) is 4.39 Å². The summed E-state index contributed by atoms with van der Waals surface area (Å²) >= 11 is 1.64. The van der Waals surface area contributed by atoms with Gasteiger partial charge in [0.05, 0.1) is 5.69 Å². The van der Waals surface area contributed by atoms with Crippen molar-refractivity contribution in [3.63, 3.8) is 0 Å². The van der Waals surface area contributed by atoms with Crippen molar-refractivity contribution in [3.05, 3.63) is 53.3 Å². The summed E-state index contributed by atoms with van der Waals surface area (Å²) in [4.78, 5) is 7.81. The fourth-order valence-electron chi connectivity index (χ4n) is 3.58. The number of anilines is 1. The topological polar surface area (TPSA) is 15.6 Å². The zero-order chi connectivity index (χ0) is 18.2. The van der Waals surface area contributed by atoms with E-state index >= 15 is 0 Å². The number of halogens is 1. The number of thioether (sulfide) groups is 1. The lowest BCUT2D eigenvalue weighted by molar-refractivity contribution is 0.394. The van der Waals surface area contributed by atoms with Gasteiger partial charge in [-0.05, 0) is 62.3 Å². The van der Waals surface area contributed by atoms with Crippen LogP contribution in [0.3, 0.4) is 0 Å². The van der Waals surface area contributed by atoms with E-state index in [1.807, 2.05) is 43.6 Å². The molecule has 25 heavy (non-hydrogen) atoms. The first kappa shape index (κ1) is 18.0. The molecule has 3 rings (SSSR count). The van der Waals surface area contributed by atoms with Gasteiger partial charge in [0.2, 0.25) is 0 Å². The Labute approximate surface area is 154 Å². The van der Waals surface area contributed by atoms with Crippen LogP contribution in [0.2, 0.25) is 0 Å². The molecular formula is C21H25FN2S. The minimum atomic E-state index is -0.221. The molecule has 0 bridgehead atoms. The van der Waals surface area contributed by atoms with Crippen LogP contribution in [0.15, 0.2) is 46.3 Å². The van der Waals surface area contributed by atoms with Gasteiger partial charge in [0.25, 0.3) is 0 Å².